The highest BCUT2D eigenvalue weighted by molar-refractivity contribution is 7.09. The monoisotopic (exact) mass is 305 g/mol. The smallest absolute Gasteiger partial charge is 0.143 e. The van der Waals surface area contributed by atoms with Crippen LogP contribution in [0, 0.1) is 17.1 Å². The second kappa shape index (κ2) is 6.66. The van der Waals surface area contributed by atoms with Gasteiger partial charge < -0.3 is 9.64 Å². The molecule has 0 saturated heterocycles. The lowest BCUT2D eigenvalue weighted by atomic mass is 10.1. The number of hydrogen-bond acceptors (Lipinski definition) is 5. The predicted molar refractivity (Wildman–Crippen MR) is 80.8 cm³/mol. The number of anilines is 1. The third-order valence-electron chi connectivity index (χ3n) is 3.18. The quantitative estimate of drug-likeness (QED) is 0.848. The molecule has 0 amide bonds. The van der Waals surface area contributed by atoms with Crippen LogP contribution in [0.4, 0.5) is 10.1 Å². The molecule has 0 aliphatic carbocycles. The minimum absolute atomic E-state index is 0.0436. The number of ether oxygens (including phenoxy) is 1. The van der Waals surface area contributed by atoms with E-state index in [-0.39, 0.29) is 11.7 Å². The summed E-state index contributed by atoms with van der Waals surface area (Å²) in [5.41, 5.74) is 1.49. The summed E-state index contributed by atoms with van der Waals surface area (Å²) in [6, 6.07) is 6.52. The van der Waals surface area contributed by atoms with E-state index in [1.165, 1.54) is 17.4 Å². The van der Waals surface area contributed by atoms with Gasteiger partial charge in [-0.2, -0.15) is 5.26 Å². The van der Waals surface area contributed by atoms with Crippen molar-refractivity contribution in [2.75, 3.05) is 19.1 Å². The van der Waals surface area contributed by atoms with Gasteiger partial charge >= 0.3 is 0 Å². The molecule has 0 spiro atoms. The molecule has 0 aliphatic rings. The molecule has 0 saturated carbocycles. The molecule has 6 heteroatoms. The number of hydrogen-bond donors (Lipinski definition) is 0. The van der Waals surface area contributed by atoms with E-state index in [1.807, 2.05) is 30.3 Å². The SMILES string of the molecule is COC(C)c1nc(CN(C)c2cccc(F)c2C#N)cs1. The molecule has 1 heterocycles. The maximum absolute atomic E-state index is 13.6. The topological polar surface area (TPSA) is 49.1 Å². The van der Waals surface area contributed by atoms with E-state index in [9.17, 15) is 4.39 Å². The summed E-state index contributed by atoms with van der Waals surface area (Å²) >= 11 is 1.53. The molecular formula is C15H16FN3OS. The van der Waals surface area contributed by atoms with Gasteiger partial charge in [-0.1, -0.05) is 6.07 Å². The van der Waals surface area contributed by atoms with Crippen molar-refractivity contribution in [1.82, 2.24) is 4.98 Å². The third-order valence-corrected chi connectivity index (χ3v) is 4.24. The molecule has 2 aromatic rings. The molecule has 0 radical (unpaired) electrons. The van der Waals surface area contributed by atoms with Crippen LogP contribution in [0.2, 0.25) is 0 Å². The molecule has 1 unspecified atom stereocenters. The van der Waals surface area contributed by atoms with E-state index >= 15 is 0 Å². The number of thiazole rings is 1. The molecule has 0 bridgehead atoms. The Morgan fingerprint density at radius 1 is 1.52 bits per heavy atom. The Morgan fingerprint density at radius 2 is 2.29 bits per heavy atom. The fourth-order valence-corrected chi connectivity index (χ4v) is 2.79. The number of benzene rings is 1. The Bertz CT molecular complexity index is 665. The molecule has 1 aromatic heterocycles. The van der Waals surface area contributed by atoms with Gasteiger partial charge in [0, 0.05) is 19.5 Å². The minimum Gasteiger partial charge on any atom is -0.375 e. The zero-order valence-corrected chi connectivity index (χ0v) is 12.9. The number of aromatic nitrogens is 1. The normalized spacial score (nSPS) is 12.0. The van der Waals surface area contributed by atoms with Crippen LogP contribution < -0.4 is 4.90 Å². The Hall–Kier alpha value is -1.97. The molecular weight excluding hydrogens is 289 g/mol. The molecule has 0 aliphatic heterocycles. The van der Waals surface area contributed by atoms with E-state index in [4.69, 9.17) is 10.00 Å². The van der Waals surface area contributed by atoms with Gasteiger partial charge in [-0.25, -0.2) is 9.37 Å². The third kappa shape index (κ3) is 3.38. The Kier molecular flexibility index (Phi) is 4.89. The Labute approximate surface area is 127 Å². The van der Waals surface area contributed by atoms with Crippen molar-refractivity contribution >= 4 is 17.0 Å². The largest absolute Gasteiger partial charge is 0.375 e. The molecule has 21 heavy (non-hydrogen) atoms. The van der Waals surface area contributed by atoms with Crippen LogP contribution >= 0.6 is 11.3 Å². The fraction of sp³-hybridized carbons (Fsp3) is 0.333. The van der Waals surface area contributed by atoms with Crippen molar-refractivity contribution < 1.29 is 9.13 Å². The first kappa shape index (κ1) is 15.4. The van der Waals surface area contributed by atoms with Gasteiger partial charge in [-0.3, -0.25) is 0 Å². The molecule has 110 valence electrons. The van der Waals surface area contributed by atoms with Gasteiger partial charge in [0.15, 0.2) is 0 Å². The van der Waals surface area contributed by atoms with E-state index in [0.717, 1.165) is 10.7 Å². The second-order valence-corrected chi connectivity index (χ2v) is 5.55. The number of nitriles is 1. The summed E-state index contributed by atoms with van der Waals surface area (Å²) in [5, 5.41) is 11.9. The number of rotatable bonds is 5. The van der Waals surface area contributed by atoms with E-state index in [2.05, 4.69) is 4.98 Å². The number of nitrogens with zero attached hydrogens (tertiary/aromatic N) is 3. The predicted octanol–water partition coefficient (Wildman–Crippen LogP) is 3.50. The summed E-state index contributed by atoms with van der Waals surface area (Å²) < 4.78 is 18.9. The number of methoxy groups -OCH3 is 1. The van der Waals surface area contributed by atoms with Gasteiger partial charge in [-0.05, 0) is 19.1 Å². The number of halogens is 1. The fourth-order valence-electron chi connectivity index (χ4n) is 1.95. The van der Waals surface area contributed by atoms with Gasteiger partial charge in [0.2, 0.25) is 0 Å². The van der Waals surface area contributed by atoms with Gasteiger partial charge in [0.25, 0.3) is 0 Å². The van der Waals surface area contributed by atoms with Gasteiger partial charge in [0.05, 0.1) is 17.9 Å². The van der Waals surface area contributed by atoms with E-state index < -0.39 is 5.82 Å². The van der Waals surface area contributed by atoms with Crippen LogP contribution in [0.15, 0.2) is 23.6 Å². The molecule has 0 fully saturated rings. The van der Waals surface area contributed by atoms with Crippen molar-refractivity contribution in [3.05, 3.63) is 45.7 Å². The Balaban J connectivity index is 2.19. The highest BCUT2D eigenvalue weighted by atomic mass is 32.1. The first-order valence-corrected chi connectivity index (χ1v) is 7.31. The summed E-state index contributed by atoms with van der Waals surface area (Å²) in [4.78, 5) is 6.32. The first-order chi connectivity index (χ1) is 10.1. The standard InChI is InChI=1S/C15H16FN3OS/c1-10(20-3)15-18-11(9-21-15)8-19(2)14-6-4-5-13(16)12(14)7-17/h4-6,9-10H,8H2,1-3H3. The van der Waals surface area contributed by atoms with Crippen LogP contribution in [0.25, 0.3) is 0 Å². The first-order valence-electron chi connectivity index (χ1n) is 6.43. The van der Waals surface area contributed by atoms with Crippen molar-refractivity contribution in [3.63, 3.8) is 0 Å². The van der Waals surface area contributed by atoms with Crippen LogP contribution in [-0.4, -0.2) is 19.1 Å². The van der Waals surface area contributed by atoms with E-state index in [0.29, 0.717) is 12.2 Å². The minimum atomic E-state index is -0.506. The summed E-state index contributed by atoms with van der Waals surface area (Å²) in [6.07, 6.45) is -0.0436. The highest BCUT2D eigenvalue weighted by Gasteiger charge is 2.14. The zero-order chi connectivity index (χ0) is 15.4. The zero-order valence-electron chi connectivity index (χ0n) is 12.1. The lowest BCUT2D eigenvalue weighted by Crippen LogP contribution is -2.18. The molecule has 1 atom stereocenters. The van der Waals surface area contributed by atoms with Crippen molar-refractivity contribution in [2.45, 2.75) is 19.6 Å². The molecule has 0 N–H and O–H groups in total. The molecule has 4 nitrogen and oxygen atoms in total. The van der Waals surface area contributed by atoms with Crippen LogP contribution in [0.5, 0.6) is 0 Å². The average molecular weight is 305 g/mol. The lowest BCUT2D eigenvalue weighted by Gasteiger charge is -2.19. The highest BCUT2D eigenvalue weighted by Crippen LogP contribution is 2.25. The second-order valence-electron chi connectivity index (χ2n) is 4.66. The van der Waals surface area contributed by atoms with Crippen molar-refractivity contribution in [1.29, 1.82) is 5.26 Å². The van der Waals surface area contributed by atoms with E-state index in [1.54, 1.807) is 19.2 Å². The maximum atomic E-state index is 13.6. The average Bonchev–Trinajstić information content (AvgIpc) is 2.94. The van der Waals surface area contributed by atoms with Crippen molar-refractivity contribution in [2.24, 2.45) is 0 Å². The van der Waals surface area contributed by atoms with Crippen LogP contribution in [0.3, 0.4) is 0 Å². The van der Waals surface area contributed by atoms with Gasteiger partial charge in [-0.15, -0.1) is 11.3 Å². The molecule has 1 aromatic carbocycles. The molecule has 2 rings (SSSR count). The van der Waals surface area contributed by atoms with Crippen LogP contribution in [0.1, 0.15) is 29.3 Å². The summed E-state index contributed by atoms with van der Waals surface area (Å²) in [5.74, 6) is -0.506. The lowest BCUT2D eigenvalue weighted by molar-refractivity contribution is 0.119. The van der Waals surface area contributed by atoms with Gasteiger partial charge in [0.1, 0.15) is 28.6 Å². The maximum Gasteiger partial charge on any atom is 0.143 e. The van der Waals surface area contributed by atoms with Crippen molar-refractivity contribution in [3.8, 4) is 6.07 Å². The summed E-state index contributed by atoms with van der Waals surface area (Å²) in [7, 11) is 3.46. The Morgan fingerprint density at radius 3 is 2.95 bits per heavy atom. The van der Waals surface area contributed by atoms with Crippen LogP contribution in [-0.2, 0) is 11.3 Å². The summed E-state index contributed by atoms with van der Waals surface area (Å²) in [6.45, 7) is 2.44.